The van der Waals surface area contributed by atoms with Crippen LogP contribution in [0.5, 0.6) is 5.88 Å². The number of nitrogens with zero attached hydrogens (tertiary/aromatic N) is 1. The second kappa shape index (κ2) is 7.26. The third-order valence-electron chi connectivity index (χ3n) is 4.53. The van der Waals surface area contributed by atoms with Gasteiger partial charge in [0.2, 0.25) is 5.88 Å². The summed E-state index contributed by atoms with van der Waals surface area (Å²) in [6.07, 6.45) is 10.2. The van der Waals surface area contributed by atoms with Gasteiger partial charge in [-0.3, -0.25) is 0 Å². The fourth-order valence-corrected chi connectivity index (χ4v) is 3.11. The zero-order chi connectivity index (χ0) is 14.5. The SMILES string of the molecule is CCCc1cc(CNC2CC2)cc(OCC2CCCC2)n1. The minimum absolute atomic E-state index is 0.745. The van der Waals surface area contributed by atoms with Crippen LogP contribution >= 0.6 is 0 Å². The molecule has 0 aromatic carbocycles. The number of pyridine rings is 1. The van der Waals surface area contributed by atoms with Gasteiger partial charge in [0.15, 0.2) is 0 Å². The van der Waals surface area contributed by atoms with Crippen molar-refractivity contribution in [1.29, 1.82) is 0 Å². The highest BCUT2D eigenvalue weighted by Crippen LogP contribution is 2.26. The molecule has 2 fully saturated rings. The largest absolute Gasteiger partial charge is 0.477 e. The molecule has 0 amide bonds. The Hall–Kier alpha value is -1.09. The first kappa shape index (κ1) is 14.8. The molecule has 0 atom stereocenters. The Kier molecular flexibility index (Phi) is 5.13. The van der Waals surface area contributed by atoms with Gasteiger partial charge in [0.25, 0.3) is 0 Å². The van der Waals surface area contributed by atoms with Crippen LogP contribution < -0.4 is 10.1 Å². The summed E-state index contributed by atoms with van der Waals surface area (Å²) in [5.74, 6) is 1.58. The Balaban J connectivity index is 1.61. The molecular formula is C18H28N2O. The van der Waals surface area contributed by atoms with E-state index in [9.17, 15) is 0 Å². The first-order valence-corrected chi connectivity index (χ1v) is 8.69. The summed E-state index contributed by atoms with van der Waals surface area (Å²) in [7, 11) is 0. The lowest BCUT2D eigenvalue weighted by Gasteiger charge is -2.13. The Morgan fingerprint density at radius 3 is 2.71 bits per heavy atom. The van der Waals surface area contributed by atoms with Crippen LogP contribution in [0.4, 0.5) is 0 Å². The topological polar surface area (TPSA) is 34.1 Å². The smallest absolute Gasteiger partial charge is 0.213 e. The van der Waals surface area contributed by atoms with Crippen molar-refractivity contribution in [2.75, 3.05) is 6.61 Å². The highest BCUT2D eigenvalue weighted by atomic mass is 16.5. The van der Waals surface area contributed by atoms with Crippen LogP contribution in [-0.4, -0.2) is 17.6 Å². The lowest BCUT2D eigenvalue weighted by atomic mass is 10.1. The number of rotatable bonds is 8. The summed E-state index contributed by atoms with van der Waals surface area (Å²) < 4.78 is 6.00. The molecule has 0 unspecified atom stereocenters. The van der Waals surface area contributed by atoms with Gasteiger partial charge in [-0.2, -0.15) is 0 Å². The van der Waals surface area contributed by atoms with Gasteiger partial charge in [-0.05, 0) is 49.7 Å². The van der Waals surface area contributed by atoms with Gasteiger partial charge in [0.05, 0.1) is 6.61 Å². The summed E-state index contributed by atoms with van der Waals surface area (Å²) in [6, 6.07) is 5.11. The van der Waals surface area contributed by atoms with Crippen LogP contribution in [0.1, 0.15) is 63.1 Å². The molecule has 1 aromatic heterocycles. The molecule has 3 nitrogen and oxygen atoms in total. The molecule has 116 valence electrons. The zero-order valence-corrected chi connectivity index (χ0v) is 13.2. The van der Waals surface area contributed by atoms with Crippen molar-refractivity contribution in [3.63, 3.8) is 0 Å². The zero-order valence-electron chi connectivity index (χ0n) is 13.2. The molecule has 0 spiro atoms. The predicted octanol–water partition coefficient (Wildman–Crippen LogP) is 3.86. The van der Waals surface area contributed by atoms with Crippen molar-refractivity contribution in [1.82, 2.24) is 10.3 Å². The molecule has 2 aliphatic carbocycles. The Labute approximate surface area is 128 Å². The van der Waals surface area contributed by atoms with Gasteiger partial charge >= 0.3 is 0 Å². The fraction of sp³-hybridized carbons (Fsp3) is 0.722. The minimum atomic E-state index is 0.745. The summed E-state index contributed by atoms with van der Waals surface area (Å²) in [4.78, 5) is 4.68. The highest BCUT2D eigenvalue weighted by Gasteiger charge is 2.20. The Morgan fingerprint density at radius 1 is 1.19 bits per heavy atom. The third-order valence-corrected chi connectivity index (χ3v) is 4.53. The summed E-state index contributed by atoms with van der Waals surface area (Å²) in [5.41, 5.74) is 2.50. The van der Waals surface area contributed by atoms with Gasteiger partial charge in [-0.15, -0.1) is 0 Å². The molecule has 1 N–H and O–H groups in total. The van der Waals surface area contributed by atoms with Gasteiger partial charge in [0.1, 0.15) is 0 Å². The van der Waals surface area contributed by atoms with Crippen LogP contribution in [0, 0.1) is 5.92 Å². The summed E-state index contributed by atoms with van der Waals surface area (Å²) >= 11 is 0. The van der Waals surface area contributed by atoms with Gasteiger partial charge in [0, 0.05) is 24.3 Å². The number of hydrogen-bond acceptors (Lipinski definition) is 3. The molecule has 2 aliphatic rings. The van der Waals surface area contributed by atoms with E-state index in [2.05, 4.69) is 29.4 Å². The average Bonchev–Trinajstić information content (AvgIpc) is 3.17. The first-order valence-electron chi connectivity index (χ1n) is 8.69. The van der Waals surface area contributed by atoms with E-state index in [1.807, 2.05) is 0 Å². The molecule has 21 heavy (non-hydrogen) atoms. The summed E-state index contributed by atoms with van der Waals surface area (Å²) in [5, 5.41) is 3.58. The van der Waals surface area contributed by atoms with Crippen molar-refractivity contribution in [2.45, 2.75) is 70.9 Å². The second-order valence-corrected chi connectivity index (χ2v) is 6.67. The van der Waals surface area contributed by atoms with E-state index in [0.717, 1.165) is 43.8 Å². The van der Waals surface area contributed by atoms with Crippen molar-refractivity contribution in [3.05, 3.63) is 23.4 Å². The average molecular weight is 288 g/mol. The number of nitrogens with one attached hydrogen (secondary N) is 1. The first-order chi connectivity index (χ1) is 10.3. The molecule has 1 heterocycles. The molecule has 0 radical (unpaired) electrons. The molecule has 1 aromatic rings. The van der Waals surface area contributed by atoms with Gasteiger partial charge in [-0.25, -0.2) is 4.98 Å². The van der Waals surface area contributed by atoms with Crippen molar-refractivity contribution in [3.8, 4) is 5.88 Å². The maximum Gasteiger partial charge on any atom is 0.213 e. The number of ether oxygens (including phenoxy) is 1. The van der Waals surface area contributed by atoms with Crippen LogP contribution in [-0.2, 0) is 13.0 Å². The molecule has 0 bridgehead atoms. The standard InChI is InChI=1S/C18H28N2O/c1-2-5-17-10-15(12-19-16-8-9-16)11-18(20-17)21-13-14-6-3-4-7-14/h10-11,14,16,19H,2-9,12-13H2,1H3. The second-order valence-electron chi connectivity index (χ2n) is 6.67. The maximum atomic E-state index is 6.00. The van der Waals surface area contributed by atoms with Crippen LogP contribution in [0.3, 0.4) is 0 Å². The van der Waals surface area contributed by atoms with E-state index in [0.29, 0.717) is 0 Å². The fourth-order valence-electron chi connectivity index (χ4n) is 3.11. The number of aryl methyl sites for hydroxylation is 1. The minimum Gasteiger partial charge on any atom is -0.477 e. The third kappa shape index (κ3) is 4.70. The number of aromatic nitrogens is 1. The molecule has 3 rings (SSSR count). The molecule has 3 heteroatoms. The van der Waals surface area contributed by atoms with E-state index in [4.69, 9.17) is 4.74 Å². The van der Waals surface area contributed by atoms with Crippen molar-refractivity contribution >= 4 is 0 Å². The lowest BCUT2D eigenvalue weighted by Crippen LogP contribution is -2.16. The normalized spacial score (nSPS) is 19.1. The number of hydrogen-bond donors (Lipinski definition) is 1. The molecular weight excluding hydrogens is 260 g/mol. The Bertz CT molecular complexity index is 451. The van der Waals surface area contributed by atoms with Crippen LogP contribution in [0.2, 0.25) is 0 Å². The van der Waals surface area contributed by atoms with Crippen molar-refractivity contribution < 1.29 is 4.74 Å². The summed E-state index contributed by atoms with van der Waals surface area (Å²) in [6.45, 7) is 4.00. The van der Waals surface area contributed by atoms with Gasteiger partial charge in [-0.1, -0.05) is 26.2 Å². The van der Waals surface area contributed by atoms with E-state index in [1.165, 1.54) is 49.8 Å². The van der Waals surface area contributed by atoms with E-state index in [1.54, 1.807) is 0 Å². The predicted molar refractivity (Wildman–Crippen MR) is 85.5 cm³/mol. The van der Waals surface area contributed by atoms with Gasteiger partial charge < -0.3 is 10.1 Å². The monoisotopic (exact) mass is 288 g/mol. The molecule has 0 aliphatic heterocycles. The molecule has 0 saturated heterocycles. The molecule has 2 saturated carbocycles. The van der Waals surface area contributed by atoms with Crippen LogP contribution in [0.15, 0.2) is 12.1 Å². The van der Waals surface area contributed by atoms with Crippen LogP contribution in [0.25, 0.3) is 0 Å². The van der Waals surface area contributed by atoms with E-state index < -0.39 is 0 Å². The highest BCUT2D eigenvalue weighted by molar-refractivity contribution is 5.25. The quantitative estimate of drug-likeness (QED) is 0.789. The van der Waals surface area contributed by atoms with E-state index in [-0.39, 0.29) is 0 Å². The van der Waals surface area contributed by atoms with E-state index >= 15 is 0 Å². The maximum absolute atomic E-state index is 6.00. The Morgan fingerprint density at radius 2 is 2.00 bits per heavy atom. The van der Waals surface area contributed by atoms with Crippen molar-refractivity contribution in [2.24, 2.45) is 5.92 Å². The lowest BCUT2D eigenvalue weighted by molar-refractivity contribution is 0.242.